The average molecular weight is 467 g/mol. The van der Waals surface area contributed by atoms with Crippen molar-refractivity contribution in [3.63, 3.8) is 0 Å². The summed E-state index contributed by atoms with van der Waals surface area (Å²) in [7, 11) is 1.34. The second-order valence-corrected chi connectivity index (χ2v) is 7.52. The van der Waals surface area contributed by atoms with Crippen LogP contribution in [0.2, 0.25) is 5.02 Å². The van der Waals surface area contributed by atoms with Gasteiger partial charge in [-0.15, -0.1) is 0 Å². The topological polar surface area (TPSA) is 115 Å². The Kier molecular flexibility index (Phi) is 5.80. The fourth-order valence-corrected chi connectivity index (χ4v) is 3.38. The van der Waals surface area contributed by atoms with Gasteiger partial charge in [0, 0.05) is 23.2 Å². The first-order valence-electron chi connectivity index (χ1n) is 9.61. The van der Waals surface area contributed by atoms with Crippen molar-refractivity contribution in [2.24, 2.45) is 0 Å². The molecule has 33 heavy (non-hydrogen) atoms. The maximum Gasteiger partial charge on any atom is 0.413 e. The summed E-state index contributed by atoms with van der Waals surface area (Å²) in [4.78, 5) is 45.2. The van der Waals surface area contributed by atoms with E-state index in [2.05, 4.69) is 15.3 Å². The number of anilines is 2. The average Bonchev–Trinajstić information content (AvgIpc) is 3.23. The summed E-state index contributed by atoms with van der Waals surface area (Å²) in [5.74, 6) is -1.68. The third kappa shape index (κ3) is 4.39. The number of imidazole rings is 1. The van der Waals surface area contributed by atoms with E-state index in [4.69, 9.17) is 16.7 Å². The lowest BCUT2D eigenvalue weighted by atomic mass is 9.97. The van der Waals surface area contributed by atoms with Crippen molar-refractivity contribution in [1.82, 2.24) is 9.97 Å². The van der Waals surface area contributed by atoms with E-state index in [0.717, 1.165) is 11.0 Å². The zero-order valence-corrected chi connectivity index (χ0v) is 17.9. The quantitative estimate of drug-likeness (QED) is 0.360. The number of carbonyl (C=O) groups is 3. The molecule has 0 unspecified atom stereocenters. The highest BCUT2D eigenvalue weighted by atomic mass is 35.5. The molecule has 0 atom stereocenters. The van der Waals surface area contributed by atoms with Crippen LogP contribution in [0, 0.1) is 5.82 Å². The number of fused-ring (bicyclic) bond motifs is 1. The zero-order chi connectivity index (χ0) is 23.7. The molecule has 1 aromatic heterocycles. The number of hydrogen-bond donors (Lipinski definition) is 3. The Hall–Kier alpha value is -4.24. The molecule has 3 N–H and O–H groups in total. The molecule has 1 heterocycles. The second-order valence-electron chi connectivity index (χ2n) is 7.09. The number of H-pyrrole nitrogens is 1. The lowest BCUT2D eigenvalue weighted by Gasteiger charge is -2.11. The first-order valence-corrected chi connectivity index (χ1v) is 9.99. The maximum absolute atomic E-state index is 14.0. The highest BCUT2D eigenvalue weighted by Gasteiger charge is 2.20. The van der Waals surface area contributed by atoms with Gasteiger partial charge in [0.05, 0.1) is 22.3 Å². The summed E-state index contributed by atoms with van der Waals surface area (Å²) >= 11 is 5.88. The fourth-order valence-electron chi connectivity index (χ4n) is 3.20. The molecule has 166 valence electrons. The number of halogens is 2. The number of hydrogen-bond acceptors (Lipinski definition) is 4. The fraction of sp³-hybridized carbons (Fsp3) is 0.0435. The zero-order valence-electron chi connectivity index (χ0n) is 17.1. The number of ketones is 1. The Bertz CT molecular complexity index is 1420. The lowest BCUT2D eigenvalue weighted by Crippen LogP contribution is -2.24. The number of aromatic amines is 1. The molecule has 0 bridgehead atoms. The van der Waals surface area contributed by atoms with Gasteiger partial charge < -0.3 is 15.4 Å². The summed E-state index contributed by atoms with van der Waals surface area (Å²) in [6.45, 7) is 0. The molecule has 3 aromatic carbocycles. The Morgan fingerprint density at radius 1 is 1.06 bits per heavy atom. The minimum absolute atomic E-state index is 0.0536. The monoisotopic (exact) mass is 466 g/mol. The molecule has 4 rings (SSSR count). The van der Waals surface area contributed by atoms with Gasteiger partial charge in [0.25, 0.3) is 5.91 Å². The highest BCUT2D eigenvalue weighted by molar-refractivity contribution is 6.31. The van der Waals surface area contributed by atoms with Gasteiger partial charge in [-0.05, 0) is 42.5 Å². The maximum atomic E-state index is 14.0. The number of amides is 2. The van der Waals surface area contributed by atoms with E-state index in [-0.39, 0.29) is 33.3 Å². The van der Waals surface area contributed by atoms with E-state index in [1.807, 2.05) is 0 Å². The normalized spacial score (nSPS) is 10.8. The van der Waals surface area contributed by atoms with E-state index in [9.17, 15) is 18.8 Å². The summed E-state index contributed by atoms with van der Waals surface area (Å²) in [5.41, 5.74) is 1.23. The largest absolute Gasteiger partial charge is 0.465 e. The molecule has 4 aromatic rings. The van der Waals surface area contributed by atoms with Crippen LogP contribution in [0.5, 0.6) is 0 Å². The van der Waals surface area contributed by atoms with Gasteiger partial charge in [-0.2, -0.15) is 0 Å². The van der Waals surface area contributed by atoms with E-state index in [1.165, 1.54) is 43.4 Å². The van der Waals surface area contributed by atoms with Gasteiger partial charge in [-0.3, -0.25) is 14.5 Å². The van der Waals surface area contributed by atoms with Gasteiger partial charge in [-0.25, -0.2) is 14.2 Å². The van der Waals surface area contributed by atoms with E-state index in [1.54, 1.807) is 18.2 Å². The van der Waals surface area contributed by atoms with Crippen LogP contribution in [0.4, 0.5) is 20.8 Å². The molecule has 0 aliphatic heterocycles. The Balaban J connectivity index is 1.66. The Morgan fingerprint density at radius 3 is 2.52 bits per heavy atom. The van der Waals surface area contributed by atoms with E-state index in [0.29, 0.717) is 11.0 Å². The van der Waals surface area contributed by atoms with Crippen molar-refractivity contribution in [3.8, 4) is 0 Å². The van der Waals surface area contributed by atoms with Crippen LogP contribution in [-0.2, 0) is 0 Å². The van der Waals surface area contributed by atoms with Gasteiger partial charge >= 0.3 is 6.09 Å². The first kappa shape index (κ1) is 22.0. The van der Waals surface area contributed by atoms with Crippen molar-refractivity contribution in [2.45, 2.75) is 0 Å². The molecule has 0 fully saturated rings. The molecular formula is C23H16ClFN4O4. The van der Waals surface area contributed by atoms with Gasteiger partial charge in [0.2, 0.25) is 5.95 Å². The van der Waals surface area contributed by atoms with Crippen LogP contribution in [0.15, 0.2) is 60.7 Å². The van der Waals surface area contributed by atoms with Gasteiger partial charge in [0.15, 0.2) is 5.78 Å². The van der Waals surface area contributed by atoms with E-state index >= 15 is 0 Å². The molecule has 8 nitrogen and oxygen atoms in total. The summed E-state index contributed by atoms with van der Waals surface area (Å²) in [6, 6.07) is 14.5. The summed E-state index contributed by atoms with van der Waals surface area (Å²) in [5, 5.41) is 11.8. The van der Waals surface area contributed by atoms with Crippen LogP contribution >= 0.6 is 11.6 Å². The second kappa shape index (κ2) is 8.71. The number of nitrogens with one attached hydrogen (secondary N) is 2. The number of nitrogens with zero attached hydrogens (tertiary/aromatic N) is 2. The van der Waals surface area contributed by atoms with Crippen LogP contribution in [0.25, 0.3) is 11.0 Å². The molecule has 0 aliphatic rings. The van der Waals surface area contributed by atoms with Crippen LogP contribution < -0.4 is 10.2 Å². The number of carboxylic acid groups (broad SMARTS) is 1. The molecule has 0 spiro atoms. The van der Waals surface area contributed by atoms with Crippen molar-refractivity contribution >= 4 is 52.1 Å². The minimum Gasteiger partial charge on any atom is -0.465 e. The number of rotatable bonds is 5. The smallest absolute Gasteiger partial charge is 0.413 e. The van der Waals surface area contributed by atoms with Gasteiger partial charge in [-0.1, -0.05) is 29.8 Å². The molecule has 0 aliphatic carbocycles. The first-order chi connectivity index (χ1) is 15.7. The summed E-state index contributed by atoms with van der Waals surface area (Å²) < 4.78 is 14.0. The van der Waals surface area contributed by atoms with Crippen molar-refractivity contribution < 1.29 is 23.9 Å². The minimum atomic E-state index is -1.19. The molecule has 2 amide bonds. The highest BCUT2D eigenvalue weighted by Crippen LogP contribution is 2.24. The number of aromatic nitrogens is 2. The number of carbonyl (C=O) groups excluding carboxylic acids is 2. The van der Waals surface area contributed by atoms with Gasteiger partial charge in [0.1, 0.15) is 5.82 Å². The molecule has 0 saturated carbocycles. The lowest BCUT2D eigenvalue weighted by molar-refractivity contribution is 0.0996. The third-order valence-corrected chi connectivity index (χ3v) is 5.16. The standard InChI is InChI=1S/C23H16ClFN4O4/c1-29(23(32)33)22-27-17-9-6-12(10-19(17)28-22)20(30)14-4-2-3-5-15(14)21(31)26-18-11-13(24)7-8-16(18)25/h2-11H,1H3,(H,26,31)(H,27,28)(H,32,33). The predicted molar refractivity (Wildman–Crippen MR) is 122 cm³/mol. The van der Waals surface area contributed by atoms with Crippen LogP contribution in [-0.4, -0.2) is 39.9 Å². The summed E-state index contributed by atoms with van der Waals surface area (Å²) in [6.07, 6.45) is -1.19. The van der Waals surface area contributed by atoms with Crippen molar-refractivity contribution in [1.29, 1.82) is 0 Å². The Labute approximate surface area is 191 Å². The Morgan fingerprint density at radius 2 is 1.79 bits per heavy atom. The van der Waals surface area contributed by atoms with Crippen molar-refractivity contribution in [3.05, 3.63) is 88.2 Å². The predicted octanol–water partition coefficient (Wildman–Crippen LogP) is 4.95. The number of benzene rings is 3. The van der Waals surface area contributed by atoms with Crippen LogP contribution in [0.1, 0.15) is 26.3 Å². The van der Waals surface area contributed by atoms with Crippen molar-refractivity contribution in [2.75, 3.05) is 17.3 Å². The SMILES string of the molecule is CN(C(=O)O)c1nc2ccc(C(=O)c3ccccc3C(=O)Nc3cc(Cl)ccc3F)cc2[nH]1. The van der Waals surface area contributed by atoms with E-state index < -0.39 is 23.6 Å². The molecule has 0 radical (unpaired) electrons. The molecular weight excluding hydrogens is 451 g/mol. The molecule has 0 saturated heterocycles. The molecule has 10 heteroatoms. The third-order valence-electron chi connectivity index (χ3n) is 4.93. The van der Waals surface area contributed by atoms with Crippen LogP contribution in [0.3, 0.4) is 0 Å².